The number of fused-ring (bicyclic) bond motifs is 3. The smallest absolute Gasteiger partial charge is 0.259 e. The Labute approximate surface area is 177 Å². The Balaban J connectivity index is 1.22. The zero-order valence-corrected chi connectivity index (χ0v) is 17.5. The Kier molecular flexibility index (Phi) is 6.33. The number of hydrogen-bond donors (Lipinski definition) is 2. The summed E-state index contributed by atoms with van der Waals surface area (Å²) in [7, 11) is 0. The average Bonchev–Trinajstić information content (AvgIpc) is 3.30. The van der Waals surface area contributed by atoms with Gasteiger partial charge in [0.2, 0.25) is 5.91 Å². The predicted molar refractivity (Wildman–Crippen MR) is 119 cm³/mol. The van der Waals surface area contributed by atoms with Crippen LogP contribution in [0.1, 0.15) is 34.7 Å². The summed E-state index contributed by atoms with van der Waals surface area (Å²) in [5.41, 5.74) is 2.11. The van der Waals surface area contributed by atoms with Gasteiger partial charge in [0.05, 0.1) is 17.7 Å². The van der Waals surface area contributed by atoms with Crippen LogP contribution >= 0.6 is 23.1 Å². The van der Waals surface area contributed by atoms with Gasteiger partial charge in [-0.25, -0.2) is 4.98 Å². The van der Waals surface area contributed by atoms with Gasteiger partial charge < -0.3 is 10.3 Å². The number of carbonyl (C=O) groups excluding carboxylic acids is 1. The van der Waals surface area contributed by atoms with Crippen LogP contribution in [0.25, 0.3) is 10.2 Å². The standard InChI is InChI=1S/C22H21N3O2S2/c26-19(23-12-5-8-15-6-2-1-3-7-15)11-13-28-14-18-24-21(27)20-16-9-4-10-17(16)29-22(20)25-18/h1-3,6-7H,4,9-14H2,(H,23,26)(H,24,25,27). The summed E-state index contributed by atoms with van der Waals surface area (Å²) >= 11 is 3.24. The van der Waals surface area contributed by atoms with E-state index in [0.717, 1.165) is 35.0 Å². The third-order valence-corrected chi connectivity index (χ3v) is 6.87. The molecule has 29 heavy (non-hydrogen) atoms. The van der Waals surface area contributed by atoms with Crippen LogP contribution in [0.2, 0.25) is 0 Å². The van der Waals surface area contributed by atoms with Crippen LogP contribution in [0, 0.1) is 11.8 Å². The lowest BCUT2D eigenvalue weighted by Crippen LogP contribution is -2.23. The molecule has 2 N–H and O–H groups in total. The number of nitrogens with zero attached hydrogens (tertiary/aromatic N) is 1. The highest BCUT2D eigenvalue weighted by molar-refractivity contribution is 7.98. The van der Waals surface area contributed by atoms with Gasteiger partial charge in [-0.2, -0.15) is 11.8 Å². The van der Waals surface area contributed by atoms with Crippen LogP contribution < -0.4 is 10.9 Å². The highest BCUT2D eigenvalue weighted by atomic mass is 32.2. The molecule has 5 nitrogen and oxygen atoms in total. The molecule has 0 atom stereocenters. The lowest BCUT2D eigenvalue weighted by molar-refractivity contribution is -0.120. The minimum absolute atomic E-state index is 0.0218. The first-order chi connectivity index (χ1) is 14.2. The molecule has 4 rings (SSSR count). The minimum atomic E-state index is -0.0280. The van der Waals surface area contributed by atoms with Gasteiger partial charge in [0, 0.05) is 22.6 Å². The van der Waals surface area contributed by atoms with Crippen molar-refractivity contribution in [1.29, 1.82) is 0 Å². The second-order valence-electron chi connectivity index (χ2n) is 6.80. The molecule has 1 aliphatic rings. The summed E-state index contributed by atoms with van der Waals surface area (Å²) in [6.45, 7) is 0.340. The monoisotopic (exact) mass is 423 g/mol. The molecule has 0 saturated heterocycles. The molecule has 0 saturated carbocycles. The van der Waals surface area contributed by atoms with E-state index in [9.17, 15) is 9.59 Å². The average molecular weight is 424 g/mol. The predicted octanol–water partition coefficient (Wildman–Crippen LogP) is 3.26. The summed E-state index contributed by atoms with van der Waals surface area (Å²) in [5.74, 6) is 7.88. The Bertz CT molecular complexity index is 1140. The van der Waals surface area contributed by atoms with Crippen molar-refractivity contribution in [2.75, 3.05) is 12.3 Å². The van der Waals surface area contributed by atoms with Crippen LogP contribution in [-0.2, 0) is 23.4 Å². The maximum absolute atomic E-state index is 12.4. The third kappa shape index (κ3) is 4.89. The molecular formula is C22H21N3O2S2. The maximum atomic E-state index is 12.4. The molecule has 148 valence electrons. The number of nitrogens with one attached hydrogen (secondary N) is 2. The van der Waals surface area contributed by atoms with Gasteiger partial charge in [0.1, 0.15) is 10.7 Å². The third-order valence-electron chi connectivity index (χ3n) is 4.72. The van der Waals surface area contributed by atoms with E-state index in [4.69, 9.17) is 0 Å². The second kappa shape index (κ2) is 9.29. The summed E-state index contributed by atoms with van der Waals surface area (Å²) in [6.07, 6.45) is 3.59. The Hall–Kier alpha value is -2.56. The normalized spacial score (nSPS) is 12.4. The molecule has 0 spiro atoms. The van der Waals surface area contributed by atoms with E-state index < -0.39 is 0 Å². The van der Waals surface area contributed by atoms with Gasteiger partial charge in [-0.05, 0) is 37.0 Å². The number of rotatable bonds is 6. The molecule has 0 fully saturated rings. The number of aromatic nitrogens is 2. The first-order valence-corrected chi connectivity index (χ1v) is 11.6. The highest BCUT2D eigenvalue weighted by Gasteiger charge is 2.20. The number of H-pyrrole nitrogens is 1. The van der Waals surface area contributed by atoms with Gasteiger partial charge in [-0.1, -0.05) is 30.0 Å². The van der Waals surface area contributed by atoms with Gasteiger partial charge in [0.15, 0.2) is 0 Å². The number of thioether (sulfide) groups is 1. The van der Waals surface area contributed by atoms with Crippen molar-refractivity contribution in [3.8, 4) is 11.8 Å². The fourth-order valence-electron chi connectivity index (χ4n) is 3.35. The molecule has 3 aromatic rings. The Morgan fingerprint density at radius 3 is 3.00 bits per heavy atom. The molecule has 0 radical (unpaired) electrons. The van der Waals surface area contributed by atoms with Crippen molar-refractivity contribution in [3.05, 3.63) is 62.5 Å². The minimum Gasteiger partial charge on any atom is -0.345 e. The molecule has 0 bridgehead atoms. The van der Waals surface area contributed by atoms with E-state index in [1.807, 2.05) is 30.3 Å². The van der Waals surface area contributed by atoms with Crippen molar-refractivity contribution >= 4 is 39.2 Å². The molecule has 0 aliphatic heterocycles. The lowest BCUT2D eigenvalue weighted by Gasteiger charge is -2.03. The van der Waals surface area contributed by atoms with Gasteiger partial charge >= 0.3 is 0 Å². The van der Waals surface area contributed by atoms with Crippen molar-refractivity contribution < 1.29 is 4.79 Å². The quantitative estimate of drug-likeness (QED) is 0.471. The van der Waals surface area contributed by atoms with Gasteiger partial charge in [-0.3, -0.25) is 9.59 Å². The number of carbonyl (C=O) groups is 1. The summed E-state index contributed by atoms with van der Waals surface area (Å²) < 4.78 is 0. The van der Waals surface area contributed by atoms with Gasteiger partial charge in [0.25, 0.3) is 5.56 Å². The largest absolute Gasteiger partial charge is 0.345 e. The van der Waals surface area contributed by atoms with Crippen LogP contribution in [0.5, 0.6) is 0 Å². The van der Waals surface area contributed by atoms with Crippen LogP contribution in [0.3, 0.4) is 0 Å². The molecule has 7 heteroatoms. The second-order valence-corrected chi connectivity index (χ2v) is 8.99. The first kappa shape index (κ1) is 19.7. The summed E-state index contributed by atoms with van der Waals surface area (Å²) in [6, 6.07) is 9.69. The number of benzene rings is 1. The molecule has 2 aromatic heterocycles. The molecule has 2 heterocycles. The van der Waals surface area contributed by atoms with Gasteiger partial charge in [-0.15, -0.1) is 11.3 Å². The van der Waals surface area contributed by atoms with E-state index in [2.05, 4.69) is 27.1 Å². The zero-order chi connectivity index (χ0) is 20.1. The fraction of sp³-hybridized carbons (Fsp3) is 0.318. The van der Waals surface area contributed by atoms with Crippen LogP contribution in [0.4, 0.5) is 0 Å². The van der Waals surface area contributed by atoms with Crippen molar-refractivity contribution in [2.24, 2.45) is 0 Å². The van der Waals surface area contributed by atoms with Crippen LogP contribution in [0.15, 0.2) is 35.1 Å². The number of thiophene rings is 1. The topological polar surface area (TPSA) is 74.8 Å². The maximum Gasteiger partial charge on any atom is 0.259 e. The van der Waals surface area contributed by atoms with Crippen molar-refractivity contribution in [3.63, 3.8) is 0 Å². The molecular weight excluding hydrogens is 402 g/mol. The summed E-state index contributed by atoms with van der Waals surface area (Å²) in [5, 5.41) is 3.59. The van der Waals surface area contributed by atoms with Crippen molar-refractivity contribution in [2.45, 2.75) is 31.4 Å². The van der Waals surface area contributed by atoms with E-state index >= 15 is 0 Å². The molecule has 0 unspecified atom stereocenters. The first-order valence-electron chi connectivity index (χ1n) is 9.62. The number of aryl methyl sites for hydroxylation is 2. The summed E-state index contributed by atoms with van der Waals surface area (Å²) in [4.78, 5) is 34.1. The van der Waals surface area contributed by atoms with Crippen LogP contribution in [-0.4, -0.2) is 28.2 Å². The molecule has 1 aromatic carbocycles. The molecule has 1 amide bonds. The molecule has 1 aliphatic carbocycles. The Morgan fingerprint density at radius 2 is 2.14 bits per heavy atom. The fourth-order valence-corrected chi connectivity index (χ4v) is 5.43. The zero-order valence-electron chi connectivity index (χ0n) is 15.9. The van der Waals surface area contributed by atoms with Crippen molar-refractivity contribution in [1.82, 2.24) is 15.3 Å². The van der Waals surface area contributed by atoms with E-state index in [0.29, 0.717) is 30.3 Å². The SMILES string of the molecule is O=C(CCSCc1nc2sc3c(c2c(=O)[nH]1)CCC3)NCC#Cc1ccccc1. The number of aromatic amines is 1. The number of amides is 1. The Morgan fingerprint density at radius 1 is 1.28 bits per heavy atom. The van der Waals surface area contributed by atoms with E-state index in [1.165, 1.54) is 10.4 Å². The highest BCUT2D eigenvalue weighted by Crippen LogP contribution is 2.34. The van der Waals surface area contributed by atoms with E-state index in [1.54, 1.807) is 23.1 Å². The lowest BCUT2D eigenvalue weighted by atomic mass is 10.2. The van der Waals surface area contributed by atoms with E-state index in [-0.39, 0.29) is 11.5 Å². The number of hydrogen-bond acceptors (Lipinski definition) is 5.